The van der Waals surface area contributed by atoms with Gasteiger partial charge in [-0.25, -0.2) is 4.98 Å². The standard InChI is InChI=1S/C14H18ClN5OS/c1-3-8-20-11(4-2)18-19-14(20)22-9-12(21)17-10-6-5-7-16-13(10)15/h5-7H,3-4,8-9H2,1-2H3,(H,17,21). The summed E-state index contributed by atoms with van der Waals surface area (Å²) >= 11 is 7.29. The molecule has 0 unspecified atom stereocenters. The van der Waals surface area contributed by atoms with Crippen molar-refractivity contribution in [3.63, 3.8) is 0 Å². The van der Waals surface area contributed by atoms with E-state index in [0.717, 1.165) is 30.4 Å². The summed E-state index contributed by atoms with van der Waals surface area (Å²) < 4.78 is 2.06. The fourth-order valence-electron chi connectivity index (χ4n) is 1.93. The molecule has 2 aromatic rings. The van der Waals surface area contributed by atoms with Gasteiger partial charge >= 0.3 is 0 Å². The van der Waals surface area contributed by atoms with E-state index in [-0.39, 0.29) is 16.8 Å². The van der Waals surface area contributed by atoms with Gasteiger partial charge in [0.2, 0.25) is 5.91 Å². The maximum atomic E-state index is 12.0. The van der Waals surface area contributed by atoms with Crippen LogP contribution in [0.4, 0.5) is 5.69 Å². The first-order chi connectivity index (χ1) is 10.7. The van der Waals surface area contributed by atoms with E-state index in [1.807, 2.05) is 6.92 Å². The lowest BCUT2D eigenvalue weighted by Gasteiger charge is -2.08. The van der Waals surface area contributed by atoms with E-state index < -0.39 is 0 Å². The molecule has 1 amide bonds. The van der Waals surface area contributed by atoms with Gasteiger partial charge in [-0.3, -0.25) is 4.79 Å². The highest BCUT2D eigenvalue weighted by Crippen LogP contribution is 2.20. The second kappa shape index (κ2) is 8.14. The maximum Gasteiger partial charge on any atom is 0.234 e. The number of nitrogens with one attached hydrogen (secondary N) is 1. The molecule has 1 N–H and O–H groups in total. The molecule has 0 atom stereocenters. The van der Waals surface area contributed by atoms with Crippen LogP contribution >= 0.6 is 23.4 Å². The van der Waals surface area contributed by atoms with Crippen LogP contribution in [0.2, 0.25) is 5.15 Å². The number of aromatic nitrogens is 4. The fourth-order valence-corrected chi connectivity index (χ4v) is 2.88. The van der Waals surface area contributed by atoms with E-state index in [0.29, 0.717) is 5.69 Å². The zero-order chi connectivity index (χ0) is 15.9. The summed E-state index contributed by atoms with van der Waals surface area (Å²) in [5.74, 6) is 1.04. The molecular formula is C14H18ClN5OS. The van der Waals surface area contributed by atoms with Crippen molar-refractivity contribution in [1.82, 2.24) is 19.7 Å². The predicted molar refractivity (Wildman–Crippen MR) is 88.3 cm³/mol. The van der Waals surface area contributed by atoms with Crippen molar-refractivity contribution in [2.75, 3.05) is 11.1 Å². The smallest absolute Gasteiger partial charge is 0.234 e. The van der Waals surface area contributed by atoms with Gasteiger partial charge in [0, 0.05) is 19.2 Å². The normalized spacial score (nSPS) is 10.7. The number of anilines is 1. The van der Waals surface area contributed by atoms with Crippen molar-refractivity contribution in [3.8, 4) is 0 Å². The average Bonchev–Trinajstić information content (AvgIpc) is 2.90. The van der Waals surface area contributed by atoms with Gasteiger partial charge in [-0.1, -0.05) is 37.2 Å². The average molecular weight is 340 g/mol. The third-order valence-electron chi connectivity index (χ3n) is 2.92. The van der Waals surface area contributed by atoms with Crippen molar-refractivity contribution < 1.29 is 4.79 Å². The van der Waals surface area contributed by atoms with Crippen molar-refractivity contribution in [2.24, 2.45) is 0 Å². The van der Waals surface area contributed by atoms with Gasteiger partial charge in [-0.05, 0) is 18.6 Å². The Hall–Kier alpha value is -1.60. The number of aryl methyl sites for hydroxylation is 1. The summed E-state index contributed by atoms with van der Waals surface area (Å²) in [5, 5.41) is 12.1. The van der Waals surface area contributed by atoms with E-state index >= 15 is 0 Å². The Labute approximate surface area is 138 Å². The lowest BCUT2D eigenvalue weighted by molar-refractivity contribution is -0.113. The van der Waals surface area contributed by atoms with Crippen molar-refractivity contribution in [3.05, 3.63) is 29.3 Å². The van der Waals surface area contributed by atoms with Crippen LogP contribution in [0.1, 0.15) is 26.1 Å². The van der Waals surface area contributed by atoms with E-state index in [1.54, 1.807) is 18.3 Å². The second-order valence-electron chi connectivity index (χ2n) is 4.58. The minimum atomic E-state index is -0.149. The summed E-state index contributed by atoms with van der Waals surface area (Å²) in [7, 11) is 0. The first kappa shape index (κ1) is 16.8. The van der Waals surface area contributed by atoms with Crippen LogP contribution in [-0.2, 0) is 17.8 Å². The molecule has 2 rings (SSSR count). The van der Waals surface area contributed by atoms with Crippen molar-refractivity contribution >= 4 is 35.0 Å². The molecule has 8 heteroatoms. The van der Waals surface area contributed by atoms with Gasteiger partial charge in [0.25, 0.3) is 0 Å². The number of halogens is 1. The lowest BCUT2D eigenvalue weighted by atomic mass is 10.4. The molecule has 0 aliphatic heterocycles. The summed E-state index contributed by atoms with van der Waals surface area (Å²) in [5.41, 5.74) is 0.513. The van der Waals surface area contributed by atoms with Gasteiger partial charge in [-0.15, -0.1) is 10.2 Å². The van der Waals surface area contributed by atoms with Gasteiger partial charge in [0.05, 0.1) is 11.4 Å². The Balaban J connectivity index is 1.97. The van der Waals surface area contributed by atoms with E-state index in [9.17, 15) is 4.79 Å². The van der Waals surface area contributed by atoms with E-state index in [1.165, 1.54) is 11.8 Å². The van der Waals surface area contributed by atoms with Crippen LogP contribution in [0.15, 0.2) is 23.5 Å². The molecule has 2 heterocycles. The summed E-state index contributed by atoms with van der Waals surface area (Å²) in [4.78, 5) is 15.9. The molecule has 0 bridgehead atoms. The van der Waals surface area contributed by atoms with E-state index in [4.69, 9.17) is 11.6 Å². The zero-order valence-electron chi connectivity index (χ0n) is 12.5. The number of thioether (sulfide) groups is 1. The summed E-state index contributed by atoms with van der Waals surface area (Å²) in [6.07, 6.45) is 3.40. The van der Waals surface area contributed by atoms with Crippen LogP contribution in [0.5, 0.6) is 0 Å². The maximum absolute atomic E-state index is 12.0. The highest BCUT2D eigenvalue weighted by molar-refractivity contribution is 7.99. The number of hydrogen-bond acceptors (Lipinski definition) is 5. The molecule has 6 nitrogen and oxygen atoms in total. The number of pyridine rings is 1. The summed E-state index contributed by atoms with van der Waals surface area (Å²) in [6.45, 7) is 5.00. The molecule has 0 aliphatic rings. The number of amides is 1. The molecule has 0 saturated heterocycles. The monoisotopic (exact) mass is 339 g/mol. The molecule has 0 fully saturated rings. The second-order valence-corrected chi connectivity index (χ2v) is 5.88. The third-order valence-corrected chi connectivity index (χ3v) is 4.19. The Morgan fingerprint density at radius 2 is 2.23 bits per heavy atom. The van der Waals surface area contributed by atoms with E-state index in [2.05, 4.69) is 32.0 Å². The van der Waals surface area contributed by atoms with Gasteiger partial charge < -0.3 is 9.88 Å². The molecule has 0 aliphatic carbocycles. The first-order valence-electron chi connectivity index (χ1n) is 7.11. The number of rotatable bonds is 7. The number of nitrogens with zero attached hydrogens (tertiary/aromatic N) is 4. The largest absolute Gasteiger partial charge is 0.323 e. The molecule has 0 saturated carbocycles. The third kappa shape index (κ3) is 4.20. The van der Waals surface area contributed by atoms with Crippen LogP contribution in [-0.4, -0.2) is 31.4 Å². The molecule has 118 valence electrons. The molecule has 2 aromatic heterocycles. The SMILES string of the molecule is CCCn1c(CC)nnc1SCC(=O)Nc1cccnc1Cl. The number of hydrogen-bond donors (Lipinski definition) is 1. The highest BCUT2D eigenvalue weighted by Gasteiger charge is 2.13. The van der Waals surface area contributed by atoms with Crippen LogP contribution < -0.4 is 5.32 Å². The fraction of sp³-hybridized carbons (Fsp3) is 0.429. The first-order valence-corrected chi connectivity index (χ1v) is 8.47. The van der Waals surface area contributed by atoms with Crippen LogP contribution in [0.25, 0.3) is 0 Å². The Bertz CT molecular complexity index is 646. The van der Waals surface area contributed by atoms with Gasteiger partial charge in [-0.2, -0.15) is 0 Å². The zero-order valence-corrected chi connectivity index (χ0v) is 14.1. The molecule has 0 aromatic carbocycles. The van der Waals surface area contributed by atoms with Gasteiger partial charge in [0.15, 0.2) is 10.3 Å². The lowest BCUT2D eigenvalue weighted by Crippen LogP contribution is -2.15. The molecule has 0 radical (unpaired) electrons. The summed E-state index contributed by atoms with van der Waals surface area (Å²) in [6, 6.07) is 3.44. The Kier molecular flexibility index (Phi) is 6.21. The minimum Gasteiger partial charge on any atom is -0.323 e. The number of carbonyl (C=O) groups excluding carboxylic acids is 1. The Morgan fingerprint density at radius 1 is 1.41 bits per heavy atom. The quantitative estimate of drug-likeness (QED) is 0.620. The molecular weight excluding hydrogens is 322 g/mol. The predicted octanol–water partition coefficient (Wildman–Crippen LogP) is 3.03. The number of carbonyl (C=O) groups is 1. The van der Waals surface area contributed by atoms with Crippen molar-refractivity contribution in [2.45, 2.75) is 38.4 Å². The highest BCUT2D eigenvalue weighted by atomic mass is 35.5. The van der Waals surface area contributed by atoms with Crippen molar-refractivity contribution in [1.29, 1.82) is 0 Å². The molecule has 0 spiro atoms. The minimum absolute atomic E-state index is 0.149. The van der Waals surface area contributed by atoms with Crippen LogP contribution in [0, 0.1) is 0 Å². The Morgan fingerprint density at radius 3 is 2.91 bits per heavy atom. The van der Waals surface area contributed by atoms with Crippen LogP contribution in [0.3, 0.4) is 0 Å². The van der Waals surface area contributed by atoms with Gasteiger partial charge in [0.1, 0.15) is 5.82 Å². The topological polar surface area (TPSA) is 72.7 Å². The molecule has 22 heavy (non-hydrogen) atoms.